The van der Waals surface area contributed by atoms with E-state index in [0.717, 1.165) is 11.1 Å². The van der Waals surface area contributed by atoms with E-state index in [9.17, 15) is 0 Å². The van der Waals surface area contributed by atoms with Crippen LogP contribution >= 0.6 is 15.9 Å². The van der Waals surface area contributed by atoms with Crippen molar-refractivity contribution in [2.75, 3.05) is 5.73 Å². The van der Waals surface area contributed by atoms with Crippen molar-refractivity contribution in [1.82, 2.24) is 9.55 Å². The van der Waals surface area contributed by atoms with Gasteiger partial charge < -0.3 is 10.3 Å². The van der Waals surface area contributed by atoms with Gasteiger partial charge in [-0.05, 0) is 22.9 Å². The highest BCUT2D eigenvalue weighted by Crippen LogP contribution is 2.12. The highest BCUT2D eigenvalue weighted by molar-refractivity contribution is 9.10. The van der Waals surface area contributed by atoms with Crippen LogP contribution in [0.25, 0.3) is 0 Å². The second-order valence-corrected chi connectivity index (χ2v) is 2.50. The largest absolute Gasteiger partial charge is 0.369 e. The topological polar surface area (TPSA) is 43.8 Å². The van der Waals surface area contributed by atoms with Gasteiger partial charge in [0.05, 0.1) is 6.20 Å². The third-order valence-electron chi connectivity index (χ3n) is 1.15. The Balaban J connectivity index is 3.07. The second-order valence-electron chi connectivity index (χ2n) is 1.68. The Kier molecular flexibility index (Phi) is 1.75. The van der Waals surface area contributed by atoms with Crippen molar-refractivity contribution in [3.63, 3.8) is 0 Å². The number of nitrogens with two attached hydrogens (primary N) is 1. The van der Waals surface area contributed by atoms with E-state index >= 15 is 0 Å². The summed E-state index contributed by atoms with van der Waals surface area (Å²) in [6, 6.07) is 0. The zero-order valence-electron chi connectivity index (χ0n) is 5.13. The van der Waals surface area contributed by atoms with Gasteiger partial charge in [-0.1, -0.05) is 0 Å². The van der Waals surface area contributed by atoms with E-state index < -0.39 is 0 Å². The molecule has 4 heteroatoms. The molecule has 1 heterocycles. The number of anilines is 1. The van der Waals surface area contributed by atoms with Crippen LogP contribution in [0, 0.1) is 0 Å². The molecule has 1 aromatic rings. The van der Waals surface area contributed by atoms with Gasteiger partial charge in [-0.2, -0.15) is 0 Å². The van der Waals surface area contributed by atoms with Gasteiger partial charge in [0.25, 0.3) is 0 Å². The minimum absolute atomic E-state index is 0.560. The number of hydrogen-bond acceptors (Lipinski definition) is 2. The molecule has 9 heavy (non-hydrogen) atoms. The predicted molar refractivity (Wildman–Crippen MR) is 40.0 cm³/mol. The van der Waals surface area contributed by atoms with Gasteiger partial charge >= 0.3 is 0 Å². The Morgan fingerprint density at radius 1 is 1.89 bits per heavy atom. The van der Waals surface area contributed by atoms with Gasteiger partial charge in [0.15, 0.2) is 0 Å². The average molecular weight is 190 g/mol. The van der Waals surface area contributed by atoms with Crippen LogP contribution in [0.4, 0.5) is 5.95 Å². The van der Waals surface area contributed by atoms with E-state index in [2.05, 4.69) is 20.9 Å². The van der Waals surface area contributed by atoms with Gasteiger partial charge in [0.1, 0.15) is 4.60 Å². The Morgan fingerprint density at radius 3 is 2.78 bits per heavy atom. The normalized spacial score (nSPS) is 10.0. The molecular formula is C5H8BrN3. The number of nitrogens with zero attached hydrogens (tertiary/aromatic N) is 2. The van der Waals surface area contributed by atoms with Crippen LogP contribution in [0.2, 0.25) is 0 Å². The lowest BCUT2D eigenvalue weighted by atomic mass is 10.7. The molecule has 1 rings (SSSR count). The molecule has 3 nitrogen and oxygen atoms in total. The number of imidazole rings is 1. The maximum absolute atomic E-state index is 5.47. The van der Waals surface area contributed by atoms with Crippen molar-refractivity contribution in [2.24, 2.45) is 0 Å². The summed E-state index contributed by atoms with van der Waals surface area (Å²) in [6.07, 6.45) is 1.69. The van der Waals surface area contributed by atoms with E-state index in [1.54, 1.807) is 6.20 Å². The van der Waals surface area contributed by atoms with E-state index in [1.165, 1.54) is 0 Å². The fourth-order valence-electron chi connectivity index (χ4n) is 0.681. The first-order chi connectivity index (χ1) is 4.25. The number of halogens is 1. The summed E-state index contributed by atoms with van der Waals surface area (Å²) in [4.78, 5) is 3.88. The first-order valence-electron chi connectivity index (χ1n) is 2.72. The van der Waals surface area contributed by atoms with Crippen molar-refractivity contribution in [1.29, 1.82) is 0 Å². The van der Waals surface area contributed by atoms with Crippen LogP contribution < -0.4 is 5.73 Å². The Morgan fingerprint density at radius 2 is 2.56 bits per heavy atom. The van der Waals surface area contributed by atoms with E-state index in [0.29, 0.717) is 5.95 Å². The first-order valence-corrected chi connectivity index (χ1v) is 3.51. The first kappa shape index (κ1) is 6.61. The quantitative estimate of drug-likeness (QED) is 0.724. The highest BCUT2D eigenvalue weighted by Gasteiger charge is 1.99. The molecule has 0 radical (unpaired) electrons. The SMILES string of the molecule is CCn1c(Br)cnc1N. The summed E-state index contributed by atoms with van der Waals surface area (Å²) in [5, 5.41) is 0. The lowest BCUT2D eigenvalue weighted by Gasteiger charge is -1.98. The molecule has 0 saturated heterocycles. The standard InChI is InChI=1S/C5H8BrN3/c1-2-9-4(6)3-8-5(9)7/h3H,2H2,1H3,(H2,7,8). The van der Waals surface area contributed by atoms with Crippen LogP contribution in [0.1, 0.15) is 6.92 Å². The number of rotatable bonds is 1. The van der Waals surface area contributed by atoms with E-state index in [1.807, 2.05) is 11.5 Å². The molecule has 0 aliphatic rings. The predicted octanol–water partition coefficient (Wildman–Crippen LogP) is 1.25. The fraction of sp³-hybridized carbons (Fsp3) is 0.400. The molecule has 0 spiro atoms. The molecule has 50 valence electrons. The molecule has 0 amide bonds. The molecular weight excluding hydrogens is 182 g/mol. The van der Waals surface area contributed by atoms with Crippen LogP contribution in [0.3, 0.4) is 0 Å². The Hall–Kier alpha value is -0.510. The minimum Gasteiger partial charge on any atom is -0.369 e. The summed E-state index contributed by atoms with van der Waals surface area (Å²) in [5.74, 6) is 0.560. The molecule has 0 fully saturated rings. The maximum Gasteiger partial charge on any atom is 0.200 e. The molecule has 0 atom stereocenters. The summed E-state index contributed by atoms with van der Waals surface area (Å²) < 4.78 is 2.81. The summed E-state index contributed by atoms with van der Waals surface area (Å²) in [6.45, 7) is 2.87. The Labute approximate surface area is 62.0 Å². The van der Waals surface area contributed by atoms with Gasteiger partial charge in [0, 0.05) is 6.54 Å². The molecule has 1 aromatic heterocycles. The zero-order chi connectivity index (χ0) is 6.85. The van der Waals surface area contributed by atoms with Crippen molar-refractivity contribution in [3.8, 4) is 0 Å². The second kappa shape index (κ2) is 2.39. The third kappa shape index (κ3) is 1.08. The van der Waals surface area contributed by atoms with Crippen LogP contribution in [0.15, 0.2) is 10.8 Å². The molecule has 0 saturated carbocycles. The number of aromatic nitrogens is 2. The monoisotopic (exact) mass is 189 g/mol. The van der Waals surface area contributed by atoms with Crippen molar-refractivity contribution < 1.29 is 0 Å². The van der Waals surface area contributed by atoms with Gasteiger partial charge in [-0.3, -0.25) is 0 Å². The van der Waals surface area contributed by atoms with Crippen LogP contribution in [0.5, 0.6) is 0 Å². The molecule has 0 aliphatic heterocycles. The summed E-state index contributed by atoms with van der Waals surface area (Å²) >= 11 is 3.30. The molecule has 0 aromatic carbocycles. The lowest BCUT2D eigenvalue weighted by molar-refractivity contribution is 0.758. The minimum atomic E-state index is 0.560. The lowest BCUT2D eigenvalue weighted by Crippen LogP contribution is -2.00. The van der Waals surface area contributed by atoms with E-state index in [4.69, 9.17) is 5.73 Å². The highest BCUT2D eigenvalue weighted by atomic mass is 79.9. The number of nitrogen functional groups attached to an aromatic ring is 1. The maximum atomic E-state index is 5.47. The zero-order valence-corrected chi connectivity index (χ0v) is 6.72. The molecule has 2 N–H and O–H groups in total. The van der Waals surface area contributed by atoms with E-state index in [-0.39, 0.29) is 0 Å². The summed E-state index contributed by atoms with van der Waals surface area (Å²) in [5.41, 5.74) is 5.47. The van der Waals surface area contributed by atoms with Gasteiger partial charge in [-0.25, -0.2) is 4.98 Å². The van der Waals surface area contributed by atoms with Crippen LogP contribution in [-0.2, 0) is 6.54 Å². The average Bonchev–Trinajstić information content (AvgIpc) is 2.12. The molecule has 0 bridgehead atoms. The van der Waals surface area contributed by atoms with Crippen molar-refractivity contribution >= 4 is 21.9 Å². The Bertz CT molecular complexity index is 186. The molecule has 0 unspecified atom stereocenters. The fourth-order valence-corrected chi connectivity index (χ4v) is 1.22. The summed E-state index contributed by atoms with van der Waals surface area (Å²) in [7, 11) is 0. The van der Waals surface area contributed by atoms with Gasteiger partial charge in [0.2, 0.25) is 5.95 Å². The smallest absolute Gasteiger partial charge is 0.200 e. The number of hydrogen-bond donors (Lipinski definition) is 1. The third-order valence-corrected chi connectivity index (χ3v) is 1.79. The molecule has 0 aliphatic carbocycles. The van der Waals surface area contributed by atoms with Crippen LogP contribution in [-0.4, -0.2) is 9.55 Å². The van der Waals surface area contributed by atoms with Crippen molar-refractivity contribution in [2.45, 2.75) is 13.5 Å². The van der Waals surface area contributed by atoms with Crippen molar-refractivity contribution in [3.05, 3.63) is 10.8 Å². The van der Waals surface area contributed by atoms with Gasteiger partial charge in [-0.15, -0.1) is 0 Å².